The first-order valence-electron chi connectivity index (χ1n) is 10.1. The van der Waals surface area contributed by atoms with E-state index in [4.69, 9.17) is 34.2 Å². The average Bonchev–Trinajstić information content (AvgIpc) is 2.73. The second kappa shape index (κ2) is 20.1. The van der Waals surface area contributed by atoms with E-state index < -0.39 is 29.8 Å². The molecule has 0 heterocycles. The van der Waals surface area contributed by atoms with Gasteiger partial charge < -0.3 is 44.8 Å². The molecule has 12 heteroatoms. The molecule has 2 atom stereocenters. The van der Waals surface area contributed by atoms with Crippen LogP contribution in [0.1, 0.15) is 13.8 Å². The van der Waals surface area contributed by atoms with Gasteiger partial charge in [-0.05, 0) is 13.8 Å². The van der Waals surface area contributed by atoms with Gasteiger partial charge in [-0.1, -0.05) is 0 Å². The van der Waals surface area contributed by atoms with E-state index >= 15 is 0 Å². The fourth-order valence-electron chi connectivity index (χ4n) is 1.94. The molecule has 182 valence electrons. The summed E-state index contributed by atoms with van der Waals surface area (Å²) >= 11 is 0. The molecule has 4 N–H and O–H groups in total. The highest BCUT2D eigenvalue weighted by atomic mass is 16.6. The summed E-state index contributed by atoms with van der Waals surface area (Å²) in [6.07, 6.45) is 0. The van der Waals surface area contributed by atoms with Gasteiger partial charge in [0.15, 0.2) is 0 Å². The number of methoxy groups -OCH3 is 1. The first-order chi connectivity index (χ1) is 14.9. The number of rotatable bonds is 21. The highest BCUT2D eigenvalue weighted by molar-refractivity contribution is 5.91. The highest BCUT2D eigenvalue weighted by Gasteiger charge is 2.19. The lowest BCUT2D eigenvalue weighted by Crippen LogP contribution is -2.51. The third-order valence-corrected chi connectivity index (χ3v) is 3.71. The van der Waals surface area contributed by atoms with Crippen molar-refractivity contribution in [2.75, 3.05) is 79.8 Å². The van der Waals surface area contributed by atoms with E-state index in [1.54, 1.807) is 7.11 Å². The molecule has 0 spiro atoms. The third kappa shape index (κ3) is 18.6. The summed E-state index contributed by atoms with van der Waals surface area (Å²) in [6, 6.07) is -1.64. The summed E-state index contributed by atoms with van der Waals surface area (Å²) in [6.45, 7) is 7.16. The van der Waals surface area contributed by atoms with Crippen molar-refractivity contribution in [1.29, 1.82) is 0 Å². The van der Waals surface area contributed by atoms with E-state index in [1.165, 1.54) is 13.8 Å². The number of primary amides is 1. The van der Waals surface area contributed by atoms with Crippen LogP contribution in [-0.2, 0) is 42.8 Å². The largest absolute Gasteiger partial charge is 0.382 e. The van der Waals surface area contributed by atoms with E-state index in [0.29, 0.717) is 59.5 Å². The number of nitrogens with one attached hydrogen (secondary N) is 2. The van der Waals surface area contributed by atoms with Gasteiger partial charge in [-0.3, -0.25) is 14.4 Å². The summed E-state index contributed by atoms with van der Waals surface area (Å²) < 4.78 is 31.3. The Morgan fingerprint density at radius 2 is 1.10 bits per heavy atom. The third-order valence-electron chi connectivity index (χ3n) is 3.71. The molecule has 0 aliphatic carbocycles. The van der Waals surface area contributed by atoms with E-state index in [1.807, 2.05) is 0 Å². The normalized spacial score (nSPS) is 12.9. The van der Waals surface area contributed by atoms with Crippen molar-refractivity contribution in [2.45, 2.75) is 25.9 Å². The Bertz CT molecular complexity index is 494. The number of nitrogens with two attached hydrogens (primary N) is 1. The molecule has 0 aliphatic heterocycles. The first-order valence-corrected chi connectivity index (χ1v) is 10.1. The molecular weight excluding hydrogens is 414 g/mol. The van der Waals surface area contributed by atoms with Crippen LogP contribution in [-0.4, -0.2) is 110 Å². The fraction of sp³-hybridized carbons (Fsp3) is 0.842. The number of ether oxygens (including phenoxy) is 6. The van der Waals surface area contributed by atoms with Crippen LogP contribution in [0.15, 0.2) is 0 Å². The van der Waals surface area contributed by atoms with E-state index in [0.717, 1.165) is 0 Å². The maximum absolute atomic E-state index is 11.8. The van der Waals surface area contributed by atoms with Gasteiger partial charge >= 0.3 is 0 Å². The average molecular weight is 452 g/mol. The molecule has 0 aromatic carbocycles. The first kappa shape index (κ1) is 29.2. The Morgan fingerprint density at radius 1 is 0.677 bits per heavy atom. The fourth-order valence-corrected chi connectivity index (χ4v) is 1.94. The monoisotopic (exact) mass is 451 g/mol. The molecule has 0 rings (SSSR count). The Labute approximate surface area is 183 Å². The van der Waals surface area contributed by atoms with Gasteiger partial charge in [0.05, 0.1) is 66.1 Å². The van der Waals surface area contributed by atoms with Gasteiger partial charge in [0, 0.05) is 7.11 Å². The van der Waals surface area contributed by atoms with E-state index in [9.17, 15) is 14.4 Å². The number of amides is 3. The maximum atomic E-state index is 11.8. The molecular formula is C19H37N3O9. The van der Waals surface area contributed by atoms with Crippen molar-refractivity contribution in [3.05, 3.63) is 0 Å². The number of hydrogen-bond donors (Lipinski definition) is 3. The summed E-state index contributed by atoms with van der Waals surface area (Å²) in [4.78, 5) is 34.4. The van der Waals surface area contributed by atoms with Gasteiger partial charge in [0.25, 0.3) is 0 Å². The Hall–Kier alpha value is -1.83. The van der Waals surface area contributed by atoms with Gasteiger partial charge in [0.2, 0.25) is 17.7 Å². The van der Waals surface area contributed by atoms with Crippen LogP contribution < -0.4 is 16.4 Å². The second-order valence-electron chi connectivity index (χ2n) is 6.42. The van der Waals surface area contributed by atoms with Crippen molar-refractivity contribution in [3.8, 4) is 0 Å². The van der Waals surface area contributed by atoms with Crippen LogP contribution in [0.2, 0.25) is 0 Å². The van der Waals surface area contributed by atoms with Crippen LogP contribution in [0.3, 0.4) is 0 Å². The summed E-state index contributed by atoms with van der Waals surface area (Å²) in [5, 5.41) is 4.85. The van der Waals surface area contributed by atoms with Gasteiger partial charge in [-0.25, -0.2) is 0 Å². The Kier molecular flexibility index (Phi) is 18.9. The molecule has 0 radical (unpaired) electrons. The van der Waals surface area contributed by atoms with E-state index in [2.05, 4.69) is 10.6 Å². The molecule has 0 aliphatic rings. The highest BCUT2D eigenvalue weighted by Crippen LogP contribution is 1.88. The van der Waals surface area contributed by atoms with Crippen LogP contribution in [0.25, 0.3) is 0 Å². The molecule has 0 fully saturated rings. The summed E-state index contributed by atoms with van der Waals surface area (Å²) in [5.74, 6) is -1.63. The number of hydrogen-bond acceptors (Lipinski definition) is 9. The van der Waals surface area contributed by atoms with Gasteiger partial charge in [-0.15, -0.1) is 0 Å². The standard InChI is InChI=1S/C19H37N3O9/c1-15(18(20)24)22-19(25)16(2)21-17(23)14-31-13-12-30-11-10-29-9-8-28-7-6-27-5-4-26-3/h15-16H,4-14H2,1-3H3,(H2,20,24)(H,21,23)(H,22,25)/t15-,16-/m1/s1. The maximum Gasteiger partial charge on any atom is 0.246 e. The Morgan fingerprint density at radius 3 is 1.52 bits per heavy atom. The molecule has 0 unspecified atom stereocenters. The minimum atomic E-state index is -0.821. The quantitative estimate of drug-likeness (QED) is 0.171. The predicted molar refractivity (Wildman–Crippen MR) is 110 cm³/mol. The molecule has 31 heavy (non-hydrogen) atoms. The molecule has 0 aromatic heterocycles. The van der Waals surface area contributed by atoms with Crippen molar-refractivity contribution >= 4 is 17.7 Å². The predicted octanol–water partition coefficient (Wildman–Crippen LogP) is -1.79. The smallest absolute Gasteiger partial charge is 0.246 e. The zero-order chi connectivity index (χ0) is 23.3. The zero-order valence-electron chi connectivity index (χ0n) is 18.7. The zero-order valence-corrected chi connectivity index (χ0v) is 18.7. The van der Waals surface area contributed by atoms with Crippen molar-refractivity contribution in [2.24, 2.45) is 5.73 Å². The molecule has 0 saturated heterocycles. The van der Waals surface area contributed by atoms with Gasteiger partial charge in [0.1, 0.15) is 18.7 Å². The summed E-state index contributed by atoms with van der Waals surface area (Å²) in [7, 11) is 1.62. The van der Waals surface area contributed by atoms with Crippen molar-refractivity contribution in [1.82, 2.24) is 10.6 Å². The molecule has 0 aromatic rings. The lowest BCUT2D eigenvalue weighted by atomic mass is 10.2. The second-order valence-corrected chi connectivity index (χ2v) is 6.42. The minimum absolute atomic E-state index is 0.213. The minimum Gasteiger partial charge on any atom is -0.382 e. The lowest BCUT2D eigenvalue weighted by Gasteiger charge is -2.16. The number of carbonyl (C=O) groups excluding carboxylic acids is 3. The van der Waals surface area contributed by atoms with Crippen molar-refractivity contribution < 1.29 is 42.8 Å². The Balaban J connectivity index is 3.44. The molecule has 3 amide bonds. The molecule has 12 nitrogen and oxygen atoms in total. The van der Waals surface area contributed by atoms with Crippen molar-refractivity contribution in [3.63, 3.8) is 0 Å². The molecule has 0 bridgehead atoms. The van der Waals surface area contributed by atoms with Crippen LogP contribution in [0.5, 0.6) is 0 Å². The topological polar surface area (TPSA) is 157 Å². The van der Waals surface area contributed by atoms with Gasteiger partial charge in [-0.2, -0.15) is 0 Å². The van der Waals surface area contributed by atoms with E-state index in [-0.39, 0.29) is 13.2 Å². The number of carbonyl (C=O) groups is 3. The molecule has 0 saturated carbocycles. The summed E-state index contributed by atoms with van der Waals surface area (Å²) in [5.41, 5.74) is 5.07. The van der Waals surface area contributed by atoms with Crippen LogP contribution >= 0.6 is 0 Å². The SMILES string of the molecule is COCCOCCOCCOCCOCCOCC(=O)N[C@H](C)C(=O)N[C@H](C)C(N)=O. The van der Waals surface area contributed by atoms with Crippen LogP contribution in [0.4, 0.5) is 0 Å². The lowest BCUT2D eigenvalue weighted by molar-refractivity contribution is -0.132. The van der Waals surface area contributed by atoms with Crippen LogP contribution in [0, 0.1) is 0 Å².